The average molecular weight is 688 g/mol. The first-order valence-electron chi connectivity index (χ1n) is 12.4. The Balaban J connectivity index is 1.31. The second kappa shape index (κ2) is 12.2. The Morgan fingerprint density at radius 3 is 2.34 bits per heavy atom. The Labute approximate surface area is 247 Å². The van der Waals surface area contributed by atoms with E-state index in [-0.39, 0.29) is 15.7 Å². The van der Waals surface area contributed by atoms with Crippen LogP contribution in [0, 0.1) is 0 Å². The van der Waals surface area contributed by atoms with Crippen molar-refractivity contribution in [1.82, 2.24) is 22.3 Å². The Morgan fingerprint density at radius 2 is 1.63 bits per heavy atom. The van der Waals surface area contributed by atoms with Gasteiger partial charge in [-0.05, 0) is 48.7 Å². The molecule has 5 rings (SSSR count). The zero-order valence-electron chi connectivity index (χ0n) is 20.6. The predicted octanol–water partition coefficient (Wildman–Crippen LogP) is 5.52. The van der Waals surface area contributed by atoms with E-state index in [0.717, 1.165) is 51.3 Å². The Hall–Kier alpha value is -1.74. The summed E-state index contributed by atoms with van der Waals surface area (Å²) in [7, 11) is -3.72. The lowest BCUT2D eigenvalue weighted by Gasteiger charge is -2.31. The molecule has 0 unspecified atom stereocenters. The maximum Gasteiger partial charge on any atom is 0.245 e. The zero-order valence-corrected chi connectivity index (χ0v) is 25.1. The van der Waals surface area contributed by atoms with Crippen LogP contribution in [0.15, 0.2) is 53.6 Å². The number of rotatable bonds is 8. The van der Waals surface area contributed by atoms with Crippen molar-refractivity contribution in [3.8, 4) is 0 Å². The van der Waals surface area contributed by atoms with Crippen LogP contribution in [-0.4, -0.2) is 70.0 Å². The number of anilines is 4. The van der Waals surface area contributed by atoms with E-state index < -0.39 is 10.0 Å². The molecule has 13 heteroatoms. The summed E-state index contributed by atoms with van der Waals surface area (Å²) in [6.07, 6.45) is 3.16. The van der Waals surface area contributed by atoms with Crippen molar-refractivity contribution in [2.24, 2.45) is 0 Å². The molecule has 2 aliphatic rings. The van der Waals surface area contributed by atoms with Crippen molar-refractivity contribution < 1.29 is 8.42 Å². The summed E-state index contributed by atoms with van der Waals surface area (Å²) in [5.41, 5.74) is 2.43. The van der Waals surface area contributed by atoms with Gasteiger partial charge in [0.2, 0.25) is 16.0 Å². The number of hydrogen-bond acceptors (Lipinski definition) is 8. The first-order valence-corrected chi connectivity index (χ1v) is 15.5. The molecule has 2 fully saturated rings. The highest BCUT2D eigenvalue weighted by atomic mass is 127. The molecule has 2 saturated heterocycles. The fourth-order valence-electron chi connectivity index (χ4n) is 4.49. The van der Waals surface area contributed by atoms with Gasteiger partial charge in [0.15, 0.2) is 5.82 Å². The monoisotopic (exact) mass is 687 g/mol. The number of sulfonamides is 1. The highest BCUT2D eigenvalue weighted by Crippen LogP contribution is 2.33. The quantitative estimate of drug-likeness (QED) is 0.236. The highest BCUT2D eigenvalue weighted by Gasteiger charge is 2.30. The van der Waals surface area contributed by atoms with E-state index in [1.165, 1.54) is 22.1 Å². The number of hydrogen-bond donors (Lipinski definition) is 2. The van der Waals surface area contributed by atoms with Crippen molar-refractivity contribution in [1.29, 1.82) is 0 Å². The van der Waals surface area contributed by atoms with Crippen LogP contribution in [0.2, 0.25) is 10.0 Å². The molecule has 0 amide bonds. The molecule has 0 saturated carbocycles. The normalized spacial score (nSPS) is 17.6. The Bertz CT molecular complexity index is 1380. The van der Waals surface area contributed by atoms with Crippen molar-refractivity contribution in [2.75, 3.05) is 49.9 Å². The standard InChI is InChI=1S/C25H28Cl2IN7O2S/c26-19-5-8-22(23(15-19)38(36,37)35-9-1-2-10-35)31-24-21(27)16-29-25(32-24)30-20-6-3-18(4-7-20)17-33-11-13-34(28)14-12-33/h3-8,15-16H,1-2,9-14,17H2,(H2,29,30,31,32). The minimum absolute atomic E-state index is 0.0894. The summed E-state index contributed by atoms with van der Waals surface area (Å²) in [6, 6.07) is 12.9. The predicted molar refractivity (Wildman–Crippen MR) is 160 cm³/mol. The second-order valence-corrected chi connectivity index (χ2v) is 13.4. The molecule has 0 aliphatic carbocycles. The van der Waals surface area contributed by atoms with Crippen molar-refractivity contribution in [2.45, 2.75) is 24.3 Å². The van der Waals surface area contributed by atoms with Crippen LogP contribution < -0.4 is 10.6 Å². The maximum absolute atomic E-state index is 13.3. The summed E-state index contributed by atoms with van der Waals surface area (Å²) < 4.78 is 30.4. The molecular formula is C25H28Cl2IN7O2S. The van der Waals surface area contributed by atoms with Crippen LogP contribution in [0.1, 0.15) is 18.4 Å². The lowest BCUT2D eigenvalue weighted by Crippen LogP contribution is -2.41. The molecule has 2 N–H and O–H groups in total. The van der Waals surface area contributed by atoms with Crippen LogP contribution in [0.25, 0.3) is 0 Å². The molecule has 0 bridgehead atoms. The molecule has 0 atom stereocenters. The minimum Gasteiger partial charge on any atom is -0.338 e. The fourth-order valence-corrected chi connectivity index (χ4v) is 6.98. The third kappa shape index (κ3) is 6.69. The number of aromatic nitrogens is 2. The van der Waals surface area contributed by atoms with Gasteiger partial charge in [-0.15, -0.1) is 0 Å². The molecule has 9 nitrogen and oxygen atoms in total. The average Bonchev–Trinajstić information content (AvgIpc) is 3.46. The summed E-state index contributed by atoms with van der Waals surface area (Å²) in [5.74, 6) is 0.621. The molecule has 202 valence electrons. The van der Waals surface area contributed by atoms with Gasteiger partial charge in [0.05, 0.1) is 11.9 Å². The van der Waals surface area contributed by atoms with Crippen LogP contribution in [0.5, 0.6) is 0 Å². The topological polar surface area (TPSA) is 93.7 Å². The van der Waals surface area contributed by atoms with E-state index in [2.05, 4.69) is 63.6 Å². The molecule has 2 aliphatic heterocycles. The summed E-state index contributed by atoms with van der Waals surface area (Å²) in [5, 5.41) is 6.88. The van der Waals surface area contributed by atoms with E-state index in [1.54, 1.807) is 12.1 Å². The van der Waals surface area contributed by atoms with Gasteiger partial charge >= 0.3 is 0 Å². The molecule has 1 aromatic heterocycles. The molecule has 3 aromatic rings. The second-order valence-electron chi connectivity index (χ2n) is 9.27. The van der Waals surface area contributed by atoms with Crippen LogP contribution in [-0.2, 0) is 16.6 Å². The molecule has 0 radical (unpaired) electrons. The molecule has 3 heterocycles. The van der Waals surface area contributed by atoms with Gasteiger partial charge in [0.1, 0.15) is 9.92 Å². The smallest absolute Gasteiger partial charge is 0.245 e. The SMILES string of the molecule is O=S(=O)(c1cc(Cl)ccc1Nc1nc(Nc2ccc(CN3CCN(I)CC3)cc2)ncc1Cl)N1CCCC1. The number of halogens is 3. The Morgan fingerprint density at radius 1 is 0.921 bits per heavy atom. The maximum atomic E-state index is 13.3. The van der Waals surface area contributed by atoms with Gasteiger partial charge in [-0.2, -0.15) is 9.29 Å². The van der Waals surface area contributed by atoms with Gasteiger partial charge in [-0.1, -0.05) is 35.3 Å². The minimum atomic E-state index is -3.72. The molecular weight excluding hydrogens is 660 g/mol. The van der Waals surface area contributed by atoms with Crippen LogP contribution in [0.3, 0.4) is 0 Å². The van der Waals surface area contributed by atoms with Gasteiger partial charge in [-0.25, -0.2) is 16.5 Å². The number of benzene rings is 2. The van der Waals surface area contributed by atoms with Gasteiger partial charge in [0.25, 0.3) is 0 Å². The summed E-state index contributed by atoms with van der Waals surface area (Å²) in [4.78, 5) is 11.3. The number of nitrogens with zero attached hydrogens (tertiary/aromatic N) is 5. The molecule has 2 aromatic carbocycles. The lowest BCUT2D eigenvalue weighted by molar-refractivity contribution is 0.198. The van der Waals surface area contributed by atoms with E-state index in [4.69, 9.17) is 23.2 Å². The number of piperazine rings is 1. The first-order chi connectivity index (χ1) is 18.3. The van der Waals surface area contributed by atoms with Crippen molar-refractivity contribution in [3.05, 3.63) is 64.3 Å². The Kier molecular flexibility index (Phi) is 8.92. The highest BCUT2D eigenvalue weighted by molar-refractivity contribution is 14.1. The fraction of sp³-hybridized carbons (Fsp3) is 0.360. The summed E-state index contributed by atoms with van der Waals surface area (Å²) in [6.45, 7) is 6.17. The van der Waals surface area contributed by atoms with Gasteiger partial charge < -0.3 is 10.6 Å². The van der Waals surface area contributed by atoms with E-state index in [9.17, 15) is 8.42 Å². The van der Waals surface area contributed by atoms with Crippen molar-refractivity contribution >= 4 is 79.2 Å². The zero-order chi connectivity index (χ0) is 26.7. The molecule has 38 heavy (non-hydrogen) atoms. The van der Waals surface area contributed by atoms with E-state index in [0.29, 0.717) is 29.7 Å². The number of nitrogens with one attached hydrogen (secondary N) is 2. The third-order valence-corrected chi connectivity index (χ3v) is 9.97. The largest absolute Gasteiger partial charge is 0.338 e. The van der Waals surface area contributed by atoms with Crippen molar-refractivity contribution in [3.63, 3.8) is 0 Å². The van der Waals surface area contributed by atoms with E-state index >= 15 is 0 Å². The van der Waals surface area contributed by atoms with Crippen LogP contribution >= 0.6 is 46.1 Å². The van der Waals surface area contributed by atoms with Gasteiger partial charge in [-0.3, -0.25) is 4.90 Å². The first kappa shape index (κ1) is 27.8. The summed E-state index contributed by atoms with van der Waals surface area (Å²) >= 11 is 14.9. The van der Waals surface area contributed by atoms with Gasteiger partial charge in [0, 0.05) is 79.4 Å². The van der Waals surface area contributed by atoms with E-state index in [1.807, 2.05) is 12.1 Å². The lowest BCUT2D eigenvalue weighted by atomic mass is 10.2. The molecule has 0 spiro atoms. The van der Waals surface area contributed by atoms with Crippen LogP contribution in [0.4, 0.5) is 23.1 Å². The third-order valence-electron chi connectivity index (χ3n) is 6.56.